The maximum atomic E-state index is 12.9. The summed E-state index contributed by atoms with van der Waals surface area (Å²) >= 11 is 0. The zero-order valence-electron chi connectivity index (χ0n) is 37.6. The van der Waals surface area contributed by atoms with E-state index < -0.39 is 20.0 Å². The molecule has 0 saturated heterocycles. The van der Waals surface area contributed by atoms with Gasteiger partial charge in [-0.15, -0.1) is 0 Å². The molecular weight excluding hydrogens is 719 g/mol. The summed E-state index contributed by atoms with van der Waals surface area (Å²) in [6.07, 6.45) is 46.0. The molecule has 0 saturated carbocycles. The zero-order valence-corrected chi connectivity index (χ0v) is 38.5. The van der Waals surface area contributed by atoms with E-state index >= 15 is 0 Å². The molecule has 332 valence electrons. The highest BCUT2D eigenvalue weighted by molar-refractivity contribution is 7.45. The van der Waals surface area contributed by atoms with Gasteiger partial charge in [0.25, 0.3) is 7.82 Å². The number of hydrogen-bond acceptors (Lipinski definition) is 6. The summed E-state index contributed by atoms with van der Waals surface area (Å²) in [6.45, 7) is 4.70. The lowest BCUT2D eigenvalue weighted by molar-refractivity contribution is -0.870. The lowest BCUT2D eigenvalue weighted by Gasteiger charge is -2.30. The number of aliphatic hydroxyl groups is 1. The number of phosphoric ester groups is 1. The number of rotatable bonds is 43. The van der Waals surface area contributed by atoms with Gasteiger partial charge in [0.05, 0.1) is 39.9 Å². The maximum Gasteiger partial charge on any atom is 0.268 e. The van der Waals surface area contributed by atoms with Crippen LogP contribution in [0.3, 0.4) is 0 Å². The van der Waals surface area contributed by atoms with E-state index in [0.717, 1.165) is 44.9 Å². The standard InChI is InChI=1S/C47H93N2O6P/c1-6-8-10-12-14-16-18-20-22-23-24-25-27-29-31-33-35-37-39-41-47(51)48-45(44-55-56(52,53)54-43-42-49(3,4)5)46(50)40-38-36-34-32-30-28-26-21-19-17-15-13-11-9-7-2/h14,16,20,22,45-46,50H,6-13,15,17-19,21,23-44H2,1-5H3,(H-,48,51,52,53)/b16-14-,22-20-. The summed E-state index contributed by atoms with van der Waals surface area (Å²) in [5.74, 6) is -0.169. The Labute approximate surface area is 347 Å². The van der Waals surface area contributed by atoms with E-state index in [1.165, 1.54) is 148 Å². The zero-order chi connectivity index (χ0) is 41.4. The van der Waals surface area contributed by atoms with Gasteiger partial charge < -0.3 is 28.8 Å². The van der Waals surface area contributed by atoms with Crippen molar-refractivity contribution in [2.45, 2.75) is 231 Å². The van der Waals surface area contributed by atoms with Crippen LogP contribution in [0.25, 0.3) is 0 Å². The fourth-order valence-electron chi connectivity index (χ4n) is 6.89. The Hall–Kier alpha value is -1.02. The molecule has 0 aromatic rings. The van der Waals surface area contributed by atoms with Crippen molar-refractivity contribution in [1.29, 1.82) is 0 Å². The van der Waals surface area contributed by atoms with Gasteiger partial charge in [0.15, 0.2) is 0 Å². The first-order chi connectivity index (χ1) is 27.0. The van der Waals surface area contributed by atoms with Crippen molar-refractivity contribution >= 4 is 13.7 Å². The number of quaternary nitrogens is 1. The SMILES string of the molecule is CCCCC/C=C\C/C=C\CCCCCCCCCCCC(=O)NC(COP(=O)([O-])OCC[N+](C)(C)C)C(O)CCCCCCCCCCCCCCCCC. The Bertz CT molecular complexity index is 969. The quantitative estimate of drug-likeness (QED) is 0.0275. The van der Waals surface area contributed by atoms with Gasteiger partial charge in [-0.05, 0) is 44.9 Å². The second kappa shape index (κ2) is 39.4. The van der Waals surface area contributed by atoms with Crippen LogP contribution in [0.15, 0.2) is 24.3 Å². The summed E-state index contributed by atoms with van der Waals surface area (Å²) < 4.78 is 23.3. The molecule has 8 nitrogen and oxygen atoms in total. The number of hydrogen-bond donors (Lipinski definition) is 2. The van der Waals surface area contributed by atoms with Crippen molar-refractivity contribution in [3.63, 3.8) is 0 Å². The highest BCUT2D eigenvalue weighted by atomic mass is 31.2. The van der Waals surface area contributed by atoms with E-state index in [-0.39, 0.29) is 19.1 Å². The van der Waals surface area contributed by atoms with E-state index in [9.17, 15) is 19.4 Å². The molecule has 0 aliphatic carbocycles. The van der Waals surface area contributed by atoms with Crippen molar-refractivity contribution in [1.82, 2.24) is 5.32 Å². The molecule has 56 heavy (non-hydrogen) atoms. The lowest BCUT2D eigenvalue weighted by atomic mass is 10.0. The number of nitrogens with zero attached hydrogens (tertiary/aromatic N) is 1. The van der Waals surface area contributed by atoms with Crippen LogP contribution in [0.4, 0.5) is 0 Å². The van der Waals surface area contributed by atoms with Gasteiger partial charge in [-0.3, -0.25) is 9.36 Å². The Balaban J connectivity index is 4.31. The van der Waals surface area contributed by atoms with Crippen LogP contribution in [0.2, 0.25) is 0 Å². The predicted molar refractivity (Wildman–Crippen MR) is 238 cm³/mol. The van der Waals surface area contributed by atoms with Gasteiger partial charge >= 0.3 is 0 Å². The highest BCUT2D eigenvalue weighted by Crippen LogP contribution is 2.38. The summed E-state index contributed by atoms with van der Waals surface area (Å²) in [5.41, 5.74) is 0. The smallest absolute Gasteiger partial charge is 0.268 e. The number of unbranched alkanes of at least 4 members (excludes halogenated alkanes) is 26. The average Bonchev–Trinajstić information content (AvgIpc) is 3.15. The molecular formula is C47H93N2O6P. The maximum absolute atomic E-state index is 12.9. The molecule has 0 radical (unpaired) electrons. The molecule has 2 N–H and O–H groups in total. The lowest BCUT2D eigenvalue weighted by Crippen LogP contribution is -2.46. The molecule has 3 atom stereocenters. The van der Waals surface area contributed by atoms with Gasteiger partial charge in [0.1, 0.15) is 13.2 Å². The van der Waals surface area contributed by atoms with E-state index in [0.29, 0.717) is 23.9 Å². The van der Waals surface area contributed by atoms with Crippen molar-refractivity contribution in [3.8, 4) is 0 Å². The Kier molecular flexibility index (Phi) is 38.7. The number of likely N-dealkylation sites (N-methyl/N-ethyl adjacent to an activating group) is 1. The molecule has 0 aliphatic rings. The second-order valence-corrected chi connectivity index (χ2v) is 18.9. The van der Waals surface area contributed by atoms with E-state index in [4.69, 9.17) is 9.05 Å². The molecule has 0 rings (SSSR count). The Morgan fingerprint density at radius 2 is 1.04 bits per heavy atom. The molecule has 0 aliphatic heterocycles. The number of phosphoric acid groups is 1. The van der Waals surface area contributed by atoms with Crippen LogP contribution < -0.4 is 10.2 Å². The topological polar surface area (TPSA) is 108 Å². The van der Waals surface area contributed by atoms with E-state index in [2.05, 4.69) is 43.5 Å². The number of carbonyl (C=O) groups is 1. The molecule has 0 aromatic heterocycles. The van der Waals surface area contributed by atoms with Crippen LogP contribution in [-0.4, -0.2) is 68.5 Å². The summed E-state index contributed by atoms with van der Waals surface area (Å²) in [5, 5.41) is 13.9. The van der Waals surface area contributed by atoms with Crippen molar-refractivity contribution in [2.24, 2.45) is 0 Å². The average molecular weight is 813 g/mol. The summed E-state index contributed by atoms with van der Waals surface area (Å²) in [4.78, 5) is 25.4. The minimum Gasteiger partial charge on any atom is -0.756 e. The minimum absolute atomic E-state index is 0.0121. The molecule has 0 aromatic carbocycles. The fraction of sp³-hybridized carbons (Fsp3) is 0.894. The molecule has 0 fully saturated rings. The minimum atomic E-state index is -4.56. The summed E-state index contributed by atoms with van der Waals surface area (Å²) in [7, 11) is 1.30. The van der Waals surface area contributed by atoms with Crippen molar-refractivity contribution in [3.05, 3.63) is 24.3 Å². The molecule has 1 amide bonds. The predicted octanol–water partition coefficient (Wildman–Crippen LogP) is 12.7. The number of nitrogens with one attached hydrogen (secondary N) is 1. The molecule has 0 bridgehead atoms. The molecule has 9 heteroatoms. The highest BCUT2D eigenvalue weighted by Gasteiger charge is 2.24. The Morgan fingerprint density at radius 1 is 0.625 bits per heavy atom. The van der Waals surface area contributed by atoms with Gasteiger partial charge in [-0.1, -0.05) is 192 Å². The second-order valence-electron chi connectivity index (χ2n) is 17.5. The van der Waals surface area contributed by atoms with Crippen LogP contribution in [0.5, 0.6) is 0 Å². The van der Waals surface area contributed by atoms with E-state index in [1.54, 1.807) is 0 Å². The third-order valence-electron chi connectivity index (χ3n) is 10.7. The van der Waals surface area contributed by atoms with Crippen molar-refractivity contribution in [2.75, 3.05) is 40.9 Å². The summed E-state index contributed by atoms with van der Waals surface area (Å²) in [6, 6.07) is -0.800. The monoisotopic (exact) mass is 813 g/mol. The largest absolute Gasteiger partial charge is 0.756 e. The fourth-order valence-corrected chi connectivity index (χ4v) is 7.62. The normalized spacial score (nSPS) is 14.5. The van der Waals surface area contributed by atoms with E-state index in [1.807, 2.05) is 21.1 Å². The Morgan fingerprint density at radius 3 is 1.52 bits per heavy atom. The third kappa shape index (κ3) is 41.2. The van der Waals surface area contributed by atoms with Crippen LogP contribution >= 0.6 is 7.82 Å². The number of carbonyl (C=O) groups excluding carboxylic acids is 1. The van der Waals surface area contributed by atoms with Crippen LogP contribution in [0.1, 0.15) is 219 Å². The molecule has 0 heterocycles. The van der Waals surface area contributed by atoms with Crippen LogP contribution in [0, 0.1) is 0 Å². The van der Waals surface area contributed by atoms with Crippen LogP contribution in [-0.2, 0) is 18.4 Å². The number of aliphatic hydroxyl groups excluding tert-OH is 1. The first kappa shape index (κ1) is 55.0. The van der Waals surface area contributed by atoms with Gasteiger partial charge in [0.2, 0.25) is 5.91 Å². The first-order valence-corrected chi connectivity index (χ1v) is 25.1. The molecule has 0 spiro atoms. The van der Waals surface area contributed by atoms with Crippen molar-refractivity contribution < 1.29 is 32.9 Å². The first-order valence-electron chi connectivity index (χ1n) is 23.7. The third-order valence-corrected chi connectivity index (χ3v) is 11.7. The van der Waals surface area contributed by atoms with Gasteiger partial charge in [0, 0.05) is 6.42 Å². The number of allylic oxidation sites excluding steroid dienone is 4. The molecule has 3 unspecified atom stereocenters. The van der Waals surface area contributed by atoms with Gasteiger partial charge in [-0.25, -0.2) is 0 Å². The number of amides is 1. The van der Waals surface area contributed by atoms with Gasteiger partial charge in [-0.2, -0.15) is 0 Å².